The Morgan fingerprint density at radius 2 is 2.11 bits per heavy atom. The van der Waals surface area contributed by atoms with Crippen molar-refractivity contribution < 1.29 is 14.3 Å². The Morgan fingerprint density at radius 1 is 1.44 bits per heavy atom. The summed E-state index contributed by atoms with van der Waals surface area (Å²) in [5.41, 5.74) is 6.35. The Kier molecular flexibility index (Phi) is 7.00. The number of carbonyl (C=O) groups is 2. The Hall–Kier alpha value is -1.59. The van der Waals surface area contributed by atoms with Gasteiger partial charge in [0.2, 0.25) is 5.91 Å². The SMILES string of the molecule is CCOC(=O)c1cccc(NC(=O)C(C)N)c1.Cl. The first-order valence-electron chi connectivity index (χ1n) is 5.38. The van der Waals surface area contributed by atoms with Crippen LogP contribution in [0.4, 0.5) is 5.69 Å². The lowest BCUT2D eigenvalue weighted by Crippen LogP contribution is -2.32. The second-order valence-corrected chi connectivity index (χ2v) is 3.58. The number of carbonyl (C=O) groups excluding carboxylic acids is 2. The van der Waals surface area contributed by atoms with Crippen molar-refractivity contribution >= 4 is 30.0 Å². The summed E-state index contributed by atoms with van der Waals surface area (Å²) in [5.74, 6) is -0.713. The van der Waals surface area contributed by atoms with E-state index in [0.29, 0.717) is 17.9 Å². The van der Waals surface area contributed by atoms with Crippen molar-refractivity contribution in [3.63, 3.8) is 0 Å². The Bertz CT molecular complexity index is 422. The molecule has 0 heterocycles. The summed E-state index contributed by atoms with van der Waals surface area (Å²) in [6.07, 6.45) is 0. The maximum Gasteiger partial charge on any atom is 0.338 e. The fraction of sp³-hybridized carbons (Fsp3) is 0.333. The number of nitrogens with two attached hydrogens (primary N) is 1. The fourth-order valence-electron chi connectivity index (χ4n) is 1.19. The van der Waals surface area contributed by atoms with Crippen LogP contribution in [-0.4, -0.2) is 24.5 Å². The van der Waals surface area contributed by atoms with Crippen molar-refractivity contribution in [2.24, 2.45) is 5.73 Å². The van der Waals surface area contributed by atoms with Crippen molar-refractivity contribution in [1.82, 2.24) is 0 Å². The van der Waals surface area contributed by atoms with Crippen LogP contribution < -0.4 is 11.1 Å². The molecule has 0 aliphatic heterocycles. The summed E-state index contributed by atoms with van der Waals surface area (Å²) in [7, 11) is 0. The number of ether oxygens (including phenoxy) is 1. The van der Waals surface area contributed by atoms with Crippen LogP contribution in [0.1, 0.15) is 24.2 Å². The first-order chi connectivity index (χ1) is 8.04. The quantitative estimate of drug-likeness (QED) is 0.815. The predicted octanol–water partition coefficient (Wildman–Crippen LogP) is 1.57. The highest BCUT2D eigenvalue weighted by Crippen LogP contribution is 2.11. The zero-order valence-electron chi connectivity index (χ0n) is 10.3. The normalized spacial score (nSPS) is 11.1. The van der Waals surface area contributed by atoms with Gasteiger partial charge in [0, 0.05) is 5.69 Å². The molecule has 0 aromatic heterocycles. The van der Waals surface area contributed by atoms with Crippen LogP contribution in [0.15, 0.2) is 24.3 Å². The number of hydrogen-bond donors (Lipinski definition) is 2. The molecule has 1 rings (SSSR count). The molecular formula is C12H17ClN2O3. The van der Waals surface area contributed by atoms with E-state index in [-0.39, 0.29) is 18.3 Å². The van der Waals surface area contributed by atoms with E-state index < -0.39 is 12.0 Å². The molecule has 0 fully saturated rings. The monoisotopic (exact) mass is 272 g/mol. The minimum Gasteiger partial charge on any atom is -0.462 e. The van der Waals surface area contributed by atoms with E-state index in [9.17, 15) is 9.59 Å². The van der Waals surface area contributed by atoms with Crippen molar-refractivity contribution in [3.05, 3.63) is 29.8 Å². The average Bonchev–Trinajstić information content (AvgIpc) is 2.29. The molecule has 3 N–H and O–H groups in total. The van der Waals surface area contributed by atoms with E-state index in [4.69, 9.17) is 10.5 Å². The van der Waals surface area contributed by atoms with Crippen LogP contribution in [0.2, 0.25) is 0 Å². The summed E-state index contributed by atoms with van der Waals surface area (Å²) in [6, 6.07) is 5.94. The number of anilines is 1. The first-order valence-corrected chi connectivity index (χ1v) is 5.38. The Morgan fingerprint density at radius 3 is 2.67 bits per heavy atom. The molecule has 18 heavy (non-hydrogen) atoms. The van der Waals surface area contributed by atoms with Crippen LogP contribution in [0, 0.1) is 0 Å². The van der Waals surface area contributed by atoms with E-state index in [1.54, 1.807) is 38.1 Å². The lowest BCUT2D eigenvalue weighted by molar-refractivity contribution is -0.117. The average molecular weight is 273 g/mol. The third kappa shape index (κ3) is 4.73. The predicted molar refractivity (Wildman–Crippen MR) is 71.9 cm³/mol. The lowest BCUT2D eigenvalue weighted by atomic mass is 10.2. The molecule has 1 amide bonds. The zero-order valence-corrected chi connectivity index (χ0v) is 11.1. The minimum atomic E-state index is -0.596. The van der Waals surface area contributed by atoms with Gasteiger partial charge in [-0.15, -0.1) is 12.4 Å². The van der Waals surface area contributed by atoms with Gasteiger partial charge in [-0.25, -0.2) is 4.79 Å². The molecule has 0 aliphatic carbocycles. The van der Waals surface area contributed by atoms with Gasteiger partial charge in [0.25, 0.3) is 0 Å². The minimum absolute atomic E-state index is 0. The highest BCUT2D eigenvalue weighted by Gasteiger charge is 2.10. The lowest BCUT2D eigenvalue weighted by Gasteiger charge is -2.08. The molecule has 0 radical (unpaired) electrons. The molecule has 0 spiro atoms. The number of nitrogens with one attached hydrogen (secondary N) is 1. The van der Waals surface area contributed by atoms with Gasteiger partial charge < -0.3 is 15.8 Å². The van der Waals surface area contributed by atoms with Gasteiger partial charge in [-0.3, -0.25) is 4.79 Å². The van der Waals surface area contributed by atoms with E-state index >= 15 is 0 Å². The third-order valence-electron chi connectivity index (χ3n) is 2.05. The molecule has 0 saturated carbocycles. The highest BCUT2D eigenvalue weighted by atomic mass is 35.5. The van der Waals surface area contributed by atoms with Crippen LogP contribution >= 0.6 is 12.4 Å². The van der Waals surface area contributed by atoms with Crippen LogP contribution in [0.3, 0.4) is 0 Å². The van der Waals surface area contributed by atoms with Gasteiger partial charge in [-0.2, -0.15) is 0 Å². The molecular weight excluding hydrogens is 256 g/mol. The second kappa shape index (κ2) is 7.68. The van der Waals surface area contributed by atoms with E-state index in [1.807, 2.05) is 0 Å². The molecule has 0 saturated heterocycles. The second-order valence-electron chi connectivity index (χ2n) is 3.58. The standard InChI is InChI=1S/C12H16N2O3.ClH/c1-3-17-12(16)9-5-4-6-10(7-9)14-11(15)8(2)13;/h4-8H,3,13H2,1-2H3,(H,14,15);1H. The van der Waals surface area contributed by atoms with E-state index in [2.05, 4.69) is 5.32 Å². The molecule has 1 aromatic rings. The fourth-order valence-corrected chi connectivity index (χ4v) is 1.19. The number of amides is 1. The highest BCUT2D eigenvalue weighted by molar-refractivity contribution is 5.96. The number of esters is 1. The number of benzene rings is 1. The summed E-state index contributed by atoms with van der Waals surface area (Å²) in [5, 5.41) is 2.61. The zero-order chi connectivity index (χ0) is 12.8. The van der Waals surface area contributed by atoms with Gasteiger partial charge in [0.15, 0.2) is 0 Å². The van der Waals surface area contributed by atoms with Gasteiger partial charge in [0.05, 0.1) is 18.2 Å². The van der Waals surface area contributed by atoms with Gasteiger partial charge in [-0.05, 0) is 32.0 Å². The molecule has 0 aliphatic rings. The molecule has 1 aromatic carbocycles. The van der Waals surface area contributed by atoms with E-state index in [1.165, 1.54) is 0 Å². The largest absolute Gasteiger partial charge is 0.462 e. The van der Waals surface area contributed by atoms with Crippen LogP contribution in [0.25, 0.3) is 0 Å². The number of halogens is 1. The van der Waals surface area contributed by atoms with Gasteiger partial charge in [0.1, 0.15) is 0 Å². The molecule has 1 unspecified atom stereocenters. The number of rotatable bonds is 4. The third-order valence-corrected chi connectivity index (χ3v) is 2.05. The van der Waals surface area contributed by atoms with Gasteiger partial charge >= 0.3 is 5.97 Å². The molecule has 6 heteroatoms. The molecule has 5 nitrogen and oxygen atoms in total. The first kappa shape index (κ1) is 16.4. The molecule has 0 bridgehead atoms. The van der Waals surface area contributed by atoms with Crippen molar-refractivity contribution in [3.8, 4) is 0 Å². The van der Waals surface area contributed by atoms with Crippen LogP contribution in [0.5, 0.6) is 0 Å². The maximum absolute atomic E-state index is 11.5. The summed E-state index contributed by atoms with van der Waals surface area (Å²) < 4.78 is 4.86. The molecule has 100 valence electrons. The van der Waals surface area contributed by atoms with Gasteiger partial charge in [-0.1, -0.05) is 6.07 Å². The summed E-state index contributed by atoms with van der Waals surface area (Å²) in [4.78, 5) is 22.8. The topological polar surface area (TPSA) is 81.4 Å². The van der Waals surface area contributed by atoms with E-state index in [0.717, 1.165) is 0 Å². The summed E-state index contributed by atoms with van der Waals surface area (Å²) >= 11 is 0. The number of hydrogen-bond acceptors (Lipinski definition) is 4. The smallest absolute Gasteiger partial charge is 0.338 e. The van der Waals surface area contributed by atoms with Crippen LogP contribution in [-0.2, 0) is 9.53 Å². The maximum atomic E-state index is 11.5. The van der Waals surface area contributed by atoms with Crippen molar-refractivity contribution in [1.29, 1.82) is 0 Å². The Labute approximate surface area is 112 Å². The van der Waals surface area contributed by atoms with Crippen molar-refractivity contribution in [2.75, 3.05) is 11.9 Å². The Balaban J connectivity index is 0.00000289. The van der Waals surface area contributed by atoms with Crippen molar-refractivity contribution in [2.45, 2.75) is 19.9 Å². The summed E-state index contributed by atoms with van der Waals surface area (Å²) in [6.45, 7) is 3.64. The molecule has 1 atom stereocenters.